The third-order valence-electron chi connectivity index (χ3n) is 17.0. The molecule has 490 valence electrons. The van der Waals surface area contributed by atoms with Crippen LogP contribution in [0.5, 0.6) is 0 Å². The number of ether oxygens (including phenoxy) is 2. The number of carbonyl (C=O) groups excluding carboxylic acids is 2. The summed E-state index contributed by atoms with van der Waals surface area (Å²) in [5.74, 6) is -0.570. The van der Waals surface area contributed by atoms with Crippen LogP contribution in [0.2, 0.25) is 0 Å². The Labute approximate surface area is 524 Å². The maximum absolute atomic E-state index is 12.4. The van der Waals surface area contributed by atoms with Crippen molar-refractivity contribution in [3.63, 3.8) is 0 Å². The van der Waals surface area contributed by atoms with Crippen molar-refractivity contribution in [2.45, 2.75) is 405 Å². The first-order valence-electron chi connectivity index (χ1n) is 37.5. The zero-order valence-electron chi connectivity index (χ0n) is 56.4. The van der Waals surface area contributed by atoms with Gasteiger partial charge >= 0.3 is 11.9 Å². The van der Waals surface area contributed by atoms with Gasteiger partial charge in [-0.05, 0) is 83.5 Å². The van der Waals surface area contributed by atoms with Crippen molar-refractivity contribution in [1.82, 2.24) is 0 Å². The first kappa shape index (κ1) is 81.3. The van der Waals surface area contributed by atoms with Crippen molar-refractivity contribution in [3.05, 3.63) is 72.9 Å². The molecular formula is C79H144O5. The molecule has 0 saturated carbocycles. The Hall–Kier alpha value is -2.66. The smallest absolute Gasteiger partial charge is 0.306 e. The van der Waals surface area contributed by atoms with Crippen LogP contribution in [0.1, 0.15) is 399 Å². The second-order valence-electron chi connectivity index (χ2n) is 25.3. The zero-order chi connectivity index (χ0) is 60.5. The first-order valence-corrected chi connectivity index (χ1v) is 37.5. The van der Waals surface area contributed by atoms with Crippen LogP contribution in [0, 0.1) is 0 Å². The number of esters is 2. The number of hydrogen-bond donors (Lipinski definition) is 1. The number of aliphatic hydroxyl groups is 1. The van der Waals surface area contributed by atoms with Gasteiger partial charge in [-0.3, -0.25) is 9.59 Å². The Kier molecular flexibility index (Phi) is 72.2. The van der Waals surface area contributed by atoms with Crippen molar-refractivity contribution in [2.75, 3.05) is 13.2 Å². The van der Waals surface area contributed by atoms with Crippen LogP contribution in [0.4, 0.5) is 0 Å². The molecule has 1 unspecified atom stereocenters. The van der Waals surface area contributed by atoms with Crippen LogP contribution in [-0.2, 0) is 19.1 Å². The largest absolute Gasteiger partial charge is 0.462 e. The van der Waals surface area contributed by atoms with E-state index in [1.807, 2.05) is 0 Å². The van der Waals surface area contributed by atoms with E-state index in [9.17, 15) is 14.7 Å². The molecule has 0 rings (SSSR count). The molecule has 0 aliphatic heterocycles. The Bertz CT molecular complexity index is 1470. The Balaban J connectivity index is 3.38. The van der Waals surface area contributed by atoms with E-state index in [4.69, 9.17) is 9.47 Å². The molecule has 0 aromatic heterocycles. The van der Waals surface area contributed by atoms with E-state index < -0.39 is 6.10 Å². The SMILES string of the molecule is CC/C=C\C/C=C\C/C=C\C/C=C\CCCCCCCCCCCCCCCCCCC(=O)OC(CO)COC(=O)CCCCCCCCCCCCCCCCCCCCCCCCCCCCCCC/C=C\C/C=C\CCCCCCC. The predicted octanol–water partition coefficient (Wildman–Crippen LogP) is 26.2. The summed E-state index contributed by atoms with van der Waals surface area (Å²) in [5.41, 5.74) is 0. The normalized spacial score (nSPS) is 12.6. The monoisotopic (exact) mass is 1170 g/mol. The molecule has 0 fully saturated rings. The van der Waals surface area contributed by atoms with Crippen LogP contribution >= 0.6 is 0 Å². The molecule has 0 aromatic rings. The first-order chi connectivity index (χ1) is 41.6. The number of carbonyl (C=O) groups is 2. The molecule has 84 heavy (non-hydrogen) atoms. The summed E-state index contributed by atoms with van der Waals surface area (Å²) in [5, 5.41) is 9.71. The van der Waals surface area contributed by atoms with Gasteiger partial charge in [0.2, 0.25) is 0 Å². The van der Waals surface area contributed by atoms with Gasteiger partial charge in [-0.2, -0.15) is 0 Å². The van der Waals surface area contributed by atoms with Crippen molar-refractivity contribution < 1.29 is 24.2 Å². The fourth-order valence-corrected chi connectivity index (χ4v) is 11.4. The summed E-state index contributed by atoms with van der Waals surface area (Å²) in [6.45, 7) is 4.07. The second kappa shape index (κ2) is 74.6. The molecule has 0 aromatic carbocycles. The number of rotatable bonds is 70. The lowest BCUT2D eigenvalue weighted by molar-refractivity contribution is -0.161. The van der Waals surface area contributed by atoms with Gasteiger partial charge in [0.15, 0.2) is 6.10 Å². The van der Waals surface area contributed by atoms with Gasteiger partial charge in [-0.25, -0.2) is 0 Å². The summed E-state index contributed by atoms with van der Waals surface area (Å²) in [4.78, 5) is 24.7. The molecule has 0 bridgehead atoms. The quantitative estimate of drug-likeness (QED) is 0.0373. The fraction of sp³-hybridized carbons (Fsp3) is 0.823. The van der Waals surface area contributed by atoms with Gasteiger partial charge in [0, 0.05) is 12.8 Å². The standard InChI is InChI=1S/C79H144O5/c1-3-5-7-9-11-13-15-17-19-21-23-25-27-29-31-33-34-35-36-37-38-39-40-41-42-43-44-46-47-49-51-53-55-57-59-61-63-65-67-69-71-73-78(81)83-76-77(75-80)84-79(82)74-72-70-68-66-64-62-60-58-56-54-52-50-48-45-32-30-28-26-24-22-20-18-16-14-12-10-8-6-4-2/h6,8,12,14-15,17-18,20-21,23-24,26,77,80H,3-5,7,9-11,13,16,19,22,25,27-76H2,1-2H3/b8-6-,14-12-,17-15-,20-18-,23-21-,26-24-. The maximum Gasteiger partial charge on any atom is 0.306 e. The third-order valence-corrected chi connectivity index (χ3v) is 17.0. The summed E-state index contributed by atoms with van der Waals surface area (Å²) >= 11 is 0. The van der Waals surface area contributed by atoms with E-state index in [0.717, 1.165) is 70.6 Å². The summed E-state index contributed by atoms with van der Waals surface area (Å²) < 4.78 is 10.8. The van der Waals surface area contributed by atoms with E-state index in [1.54, 1.807) is 0 Å². The lowest BCUT2D eigenvalue weighted by atomic mass is 10.0. The van der Waals surface area contributed by atoms with Crippen molar-refractivity contribution in [3.8, 4) is 0 Å². The predicted molar refractivity (Wildman–Crippen MR) is 371 cm³/mol. The minimum absolute atomic E-state index is 0.0619. The summed E-state index contributed by atoms with van der Waals surface area (Å²) in [6.07, 6.45) is 104. The number of unbranched alkanes of at least 4 members (excludes halogenated alkanes) is 50. The van der Waals surface area contributed by atoms with Crippen molar-refractivity contribution in [2.24, 2.45) is 0 Å². The van der Waals surface area contributed by atoms with Gasteiger partial charge in [0.05, 0.1) is 6.61 Å². The molecule has 5 nitrogen and oxygen atoms in total. The molecule has 0 heterocycles. The third kappa shape index (κ3) is 71.8. The van der Waals surface area contributed by atoms with Gasteiger partial charge in [-0.1, -0.05) is 376 Å². The lowest BCUT2D eigenvalue weighted by Crippen LogP contribution is -2.28. The van der Waals surface area contributed by atoms with Gasteiger partial charge in [-0.15, -0.1) is 0 Å². The highest BCUT2D eigenvalue weighted by Gasteiger charge is 2.16. The van der Waals surface area contributed by atoms with Crippen molar-refractivity contribution >= 4 is 11.9 Å². The van der Waals surface area contributed by atoms with Crippen LogP contribution in [-0.4, -0.2) is 36.4 Å². The second-order valence-corrected chi connectivity index (χ2v) is 25.3. The average Bonchev–Trinajstić information content (AvgIpc) is 3.51. The Morgan fingerprint density at radius 1 is 0.286 bits per heavy atom. The molecule has 0 saturated heterocycles. The minimum atomic E-state index is -0.773. The van der Waals surface area contributed by atoms with E-state index in [2.05, 4.69) is 86.8 Å². The average molecular weight is 1170 g/mol. The highest BCUT2D eigenvalue weighted by atomic mass is 16.6. The molecular weight excluding hydrogens is 1030 g/mol. The molecule has 0 amide bonds. The Morgan fingerprint density at radius 3 is 0.774 bits per heavy atom. The molecule has 0 radical (unpaired) electrons. The van der Waals surface area contributed by atoms with Gasteiger partial charge in [0.25, 0.3) is 0 Å². The number of allylic oxidation sites excluding steroid dienone is 12. The summed E-state index contributed by atoms with van der Waals surface area (Å²) in [7, 11) is 0. The highest BCUT2D eigenvalue weighted by molar-refractivity contribution is 5.70. The maximum atomic E-state index is 12.4. The number of hydrogen-bond acceptors (Lipinski definition) is 5. The Morgan fingerprint density at radius 2 is 0.512 bits per heavy atom. The van der Waals surface area contributed by atoms with Crippen molar-refractivity contribution in [1.29, 1.82) is 0 Å². The number of aliphatic hydroxyl groups excluding tert-OH is 1. The topological polar surface area (TPSA) is 72.8 Å². The fourth-order valence-electron chi connectivity index (χ4n) is 11.4. The molecule has 0 spiro atoms. The van der Waals surface area contributed by atoms with Crippen LogP contribution in [0.15, 0.2) is 72.9 Å². The zero-order valence-corrected chi connectivity index (χ0v) is 56.4. The lowest BCUT2D eigenvalue weighted by Gasteiger charge is -2.15. The van der Waals surface area contributed by atoms with E-state index in [-0.39, 0.29) is 25.2 Å². The van der Waals surface area contributed by atoms with Crippen LogP contribution < -0.4 is 0 Å². The van der Waals surface area contributed by atoms with Crippen LogP contribution in [0.3, 0.4) is 0 Å². The molecule has 1 N–H and O–H groups in total. The van der Waals surface area contributed by atoms with E-state index in [0.29, 0.717) is 12.8 Å². The molecule has 0 aliphatic rings. The van der Waals surface area contributed by atoms with Crippen LogP contribution in [0.25, 0.3) is 0 Å². The van der Waals surface area contributed by atoms with Gasteiger partial charge < -0.3 is 14.6 Å². The van der Waals surface area contributed by atoms with Gasteiger partial charge in [0.1, 0.15) is 6.61 Å². The van der Waals surface area contributed by atoms with E-state index in [1.165, 1.54) is 302 Å². The highest BCUT2D eigenvalue weighted by Crippen LogP contribution is 2.19. The minimum Gasteiger partial charge on any atom is -0.462 e. The van der Waals surface area contributed by atoms with E-state index >= 15 is 0 Å². The molecule has 0 aliphatic carbocycles. The molecule has 5 heteroatoms. The molecule has 1 atom stereocenters. The summed E-state index contributed by atoms with van der Waals surface area (Å²) in [6, 6.07) is 0.